The van der Waals surface area contributed by atoms with Gasteiger partial charge in [-0.25, -0.2) is 13.4 Å². The molecule has 0 aliphatic heterocycles. The van der Waals surface area contributed by atoms with Gasteiger partial charge in [-0.15, -0.1) is 0 Å². The number of nitrogens with zero attached hydrogens (tertiary/aromatic N) is 1. The molecule has 0 fully saturated rings. The third-order valence-corrected chi connectivity index (χ3v) is 4.58. The van der Waals surface area contributed by atoms with Gasteiger partial charge in [-0.3, -0.25) is 4.72 Å². The van der Waals surface area contributed by atoms with Gasteiger partial charge >= 0.3 is 0 Å². The normalized spacial score (nSPS) is 11.2. The molecule has 0 spiro atoms. The van der Waals surface area contributed by atoms with E-state index in [1.807, 2.05) is 0 Å². The van der Waals surface area contributed by atoms with Crippen LogP contribution >= 0.6 is 27.5 Å². The van der Waals surface area contributed by atoms with Crippen molar-refractivity contribution in [3.8, 4) is 5.75 Å². The molecule has 0 saturated heterocycles. The van der Waals surface area contributed by atoms with E-state index in [1.54, 1.807) is 19.1 Å². The fourth-order valence-electron chi connectivity index (χ4n) is 1.64. The van der Waals surface area contributed by atoms with Crippen molar-refractivity contribution in [2.75, 3.05) is 11.3 Å². The van der Waals surface area contributed by atoms with Crippen molar-refractivity contribution in [3.63, 3.8) is 0 Å². The minimum atomic E-state index is -3.80. The fourth-order valence-corrected chi connectivity index (χ4v) is 3.55. The van der Waals surface area contributed by atoms with Gasteiger partial charge in [0.1, 0.15) is 15.8 Å². The lowest BCUT2D eigenvalue weighted by atomic mass is 10.3. The van der Waals surface area contributed by atoms with Gasteiger partial charge in [0, 0.05) is 10.7 Å². The summed E-state index contributed by atoms with van der Waals surface area (Å²) < 4.78 is 33.4. The molecular formula is C13H12BrClN2O3S. The van der Waals surface area contributed by atoms with E-state index >= 15 is 0 Å². The second-order valence-corrected chi connectivity index (χ2v) is 6.95. The lowest BCUT2D eigenvalue weighted by Gasteiger charge is -2.13. The molecular weight excluding hydrogens is 380 g/mol. The molecule has 0 unspecified atom stereocenters. The van der Waals surface area contributed by atoms with Gasteiger partial charge in [-0.2, -0.15) is 0 Å². The number of anilines is 1. The zero-order valence-corrected chi connectivity index (χ0v) is 14.2. The van der Waals surface area contributed by atoms with Crippen LogP contribution in [-0.2, 0) is 10.0 Å². The van der Waals surface area contributed by atoms with E-state index in [1.165, 1.54) is 24.4 Å². The predicted molar refractivity (Wildman–Crippen MR) is 85.4 cm³/mol. The maximum Gasteiger partial charge on any atom is 0.265 e. The summed E-state index contributed by atoms with van der Waals surface area (Å²) in [6.07, 6.45) is 1.42. The van der Waals surface area contributed by atoms with Crippen LogP contribution in [0.15, 0.2) is 45.9 Å². The fraction of sp³-hybridized carbons (Fsp3) is 0.154. The molecule has 0 aliphatic carbocycles. The van der Waals surface area contributed by atoms with Crippen molar-refractivity contribution >= 4 is 43.2 Å². The number of rotatable bonds is 5. The van der Waals surface area contributed by atoms with Crippen LogP contribution in [0.4, 0.5) is 5.69 Å². The number of halogens is 2. The van der Waals surface area contributed by atoms with Gasteiger partial charge in [0.25, 0.3) is 10.0 Å². The smallest absolute Gasteiger partial charge is 0.265 e. The molecule has 1 heterocycles. The summed E-state index contributed by atoms with van der Waals surface area (Å²) in [5.41, 5.74) is 0.331. The molecule has 0 radical (unpaired) electrons. The highest BCUT2D eigenvalue weighted by Crippen LogP contribution is 2.29. The molecule has 0 bridgehead atoms. The molecule has 0 amide bonds. The standard InChI is InChI=1S/C13H12BrClN2O3S/c1-2-20-11-4-3-9(14)7-12(11)21(18,19)17-10-5-6-16-13(15)8-10/h3-8H,2H2,1H3,(H,16,17). The molecule has 8 heteroatoms. The van der Waals surface area contributed by atoms with Crippen LogP contribution < -0.4 is 9.46 Å². The molecule has 1 N–H and O–H groups in total. The van der Waals surface area contributed by atoms with Gasteiger partial charge in [-0.1, -0.05) is 27.5 Å². The number of ether oxygens (including phenoxy) is 1. The maximum absolute atomic E-state index is 12.5. The SMILES string of the molecule is CCOc1ccc(Br)cc1S(=O)(=O)Nc1ccnc(Cl)c1. The summed E-state index contributed by atoms with van der Waals surface area (Å²) in [7, 11) is -3.80. The Labute approximate surface area is 136 Å². The summed E-state index contributed by atoms with van der Waals surface area (Å²) in [5.74, 6) is 0.286. The van der Waals surface area contributed by atoms with Gasteiger partial charge in [0.05, 0.1) is 12.3 Å². The minimum absolute atomic E-state index is 0.0478. The molecule has 1 aromatic heterocycles. The summed E-state index contributed by atoms with van der Waals surface area (Å²) in [4.78, 5) is 3.85. The first-order valence-electron chi connectivity index (χ1n) is 5.99. The Morgan fingerprint density at radius 1 is 1.33 bits per heavy atom. The van der Waals surface area contributed by atoms with Crippen LogP contribution in [0, 0.1) is 0 Å². The van der Waals surface area contributed by atoms with Crippen LogP contribution in [0.3, 0.4) is 0 Å². The summed E-state index contributed by atoms with van der Waals surface area (Å²) in [5, 5.41) is 0.203. The third kappa shape index (κ3) is 4.09. The Morgan fingerprint density at radius 3 is 2.76 bits per heavy atom. The Hall–Kier alpha value is -1.31. The molecule has 21 heavy (non-hydrogen) atoms. The van der Waals surface area contributed by atoms with E-state index in [2.05, 4.69) is 25.6 Å². The number of nitrogens with one attached hydrogen (secondary N) is 1. The third-order valence-electron chi connectivity index (χ3n) is 2.47. The first-order valence-corrected chi connectivity index (χ1v) is 8.64. The van der Waals surface area contributed by atoms with Crippen LogP contribution in [-0.4, -0.2) is 20.0 Å². The number of benzene rings is 1. The summed E-state index contributed by atoms with van der Waals surface area (Å²) in [6, 6.07) is 7.74. The lowest BCUT2D eigenvalue weighted by molar-refractivity contribution is 0.331. The average molecular weight is 392 g/mol. The van der Waals surface area contributed by atoms with Crippen molar-refractivity contribution in [1.82, 2.24) is 4.98 Å². The monoisotopic (exact) mass is 390 g/mol. The van der Waals surface area contributed by atoms with E-state index in [4.69, 9.17) is 16.3 Å². The van der Waals surface area contributed by atoms with E-state index in [0.717, 1.165) is 0 Å². The zero-order valence-electron chi connectivity index (χ0n) is 11.0. The van der Waals surface area contributed by atoms with Gasteiger partial charge in [0.2, 0.25) is 0 Å². The van der Waals surface area contributed by atoms with Crippen molar-refractivity contribution in [1.29, 1.82) is 0 Å². The van der Waals surface area contributed by atoms with Crippen LogP contribution in [0.1, 0.15) is 6.92 Å². The largest absolute Gasteiger partial charge is 0.492 e. The quantitative estimate of drug-likeness (QED) is 0.789. The zero-order chi connectivity index (χ0) is 15.5. The molecule has 112 valence electrons. The topological polar surface area (TPSA) is 68.3 Å². The highest BCUT2D eigenvalue weighted by atomic mass is 79.9. The van der Waals surface area contributed by atoms with Crippen LogP contribution in [0.5, 0.6) is 5.75 Å². The highest BCUT2D eigenvalue weighted by molar-refractivity contribution is 9.10. The first-order chi connectivity index (χ1) is 9.92. The Kier molecular flexibility index (Phi) is 5.08. The van der Waals surface area contributed by atoms with E-state index in [0.29, 0.717) is 16.8 Å². The van der Waals surface area contributed by atoms with Crippen molar-refractivity contribution in [2.45, 2.75) is 11.8 Å². The maximum atomic E-state index is 12.5. The Morgan fingerprint density at radius 2 is 2.10 bits per heavy atom. The minimum Gasteiger partial charge on any atom is -0.492 e. The van der Waals surface area contributed by atoms with E-state index in [9.17, 15) is 8.42 Å². The summed E-state index contributed by atoms with van der Waals surface area (Å²) in [6.45, 7) is 2.15. The number of pyridine rings is 1. The number of aromatic nitrogens is 1. The Bertz CT molecular complexity index is 753. The van der Waals surface area contributed by atoms with E-state index < -0.39 is 10.0 Å². The van der Waals surface area contributed by atoms with Crippen molar-refractivity contribution < 1.29 is 13.2 Å². The van der Waals surface area contributed by atoms with Crippen LogP contribution in [0.2, 0.25) is 5.15 Å². The van der Waals surface area contributed by atoms with E-state index in [-0.39, 0.29) is 15.8 Å². The molecule has 1 aromatic carbocycles. The second-order valence-electron chi connectivity index (χ2n) is 4.00. The van der Waals surface area contributed by atoms with Crippen molar-refractivity contribution in [2.24, 2.45) is 0 Å². The molecule has 0 atom stereocenters. The predicted octanol–water partition coefficient (Wildman–Crippen LogP) is 3.70. The first kappa shape index (κ1) is 16.1. The van der Waals surface area contributed by atoms with Crippen LogP contribution in [0.25, 0.3) is 0 Å². The second kappa shape index (κ2) is 6.64. The lowest BCUT2D eigenvalue weighted by Crippen LogP contribution is -2.14. The average Bonchev–Trinajstić information content (AvgIpc) is 2.40. The number of sulfonamides is 1. The molecule has 0 aliphatic rings. The van der Waals surface area contributed by atoms with Gasteiger partial charge in [0.15, 0.2) is 0 Å². The van der Waals surface area contributed by atoms with Crippen molar-refractivity contribution in [3.05, 3.63) is 46.2 Å². The van der Waals surface area contributed by atoms with Gasteiger partial charge < -0.3 is 4.74 Å². The number of hydrogen-bond donors (Lipinski definition) is 1. The summed E-state index contributed by atoms with van der Waals surface area (Å²) >= 11 is 9.01. The molecule has 2 rings (SSSR count). The highest BCUT2D eigenvalue weighted by Gasteiger charge is 2.20. The molecule has 5 nitrogen and oxygen atoms in total. The number of hydrogen-bond acceptors (Lipinski definition) is 4. The molecule has 2 aromatic rings. The Balaban J connectivity index is 2.41. The molecule has 0 saturated carbocycles. The van der Waals surface area contributed by atoms with Gasteiger partial charge in [-0.05, 0) is 37.3 Å².